The average Bonchev–Trinajstić information content (AvgIpc) is 2.54. The molecular weight excluding hydrogens is 258 g/mol. The summed E-state index contributed by atoms with van der Waals surface area (Å²) in [5, 5.41) is 3.51. The van der Waals surface area contributed by atoms with Crippen LogP contribution in [0.2, 0.25) is 0 Å². The third-order valence-corrected chi connectivity index (χ3v) is 4.15. The van der Waals surface area contributed by atoms with E-state index >= 15 is 0 Å². The Bertz CT molecular complexity index is 606. The Morgan fingerprint density at radius 2 is 1.81 bits per heavy atom. The van der Waals surface area contributed by atoms with Crippen LogP contribution in [0.4, 0.5) is 5.69 Å². The van der Waals surface area contributed by atoms with Crippen molar-refractivity contribution < 1.29 is 4.79 Å². The third kappa shape index (κ3) is 3.72. The highest BCUT2D eigenvalue weighted by Gasteiger charge is 2.19. The van der Waals surface area contributed by atoms with E-state index in [0.717, 1.165) is 19.3 Å². The number of carbonyl (C=O) groups is 1. The minimum absolute atomic E-state index is 0.295. The van der Waals surface area contributed by atoms with Gasteiger partial charge in [0, 0.05) is 24.6 Å². The molecule has 1 heterocycles. The second-order valence-electron chi connectivity index (χ2n) is 5.77. The smallest absolute Gasteiger partial charge is 0.135 e. The number of hydrogen-bond acceptors (Lipinski definition) is 2. The minimum atomic E-state index is 0.295. The number of nitrogens with one attached hydrogen (secondary N) is 1. The normalized spacial score (nSPS) is 16.9. The molecule has 2 nitrogen and oxygen atoms in total. The van der Waals surface area contributed by atoms with Gasteiger partial charge in [0.2, 0.25) is 0 Å². The van der Waals surface area contributed by atoms with Crippen LogP contribution in [0, 0.1) is 0 Å². The highest BCUT2D eigenvalue weighted by atomic mass is 16.1. The molecular formula is C19H21NO. The van der Waals surface area contributed by atoms with Crippen molar-refractivity contribution in [1.82, 2.24) is 0 Å². The Morgan fingerprint density at radius 3 is 2.67 bits per heavy atom. The van der Waals surface area contributed by atoms with E-state index in [1.54, 1.807) is 0 Å². The molecule has 2 aromatic carbocycles. The van der Waals surface area contributed by atoms with E-state index in [4.69, 9.17) is 0 Å². The van der Waals surface area contributed by atoms with Crippen molar-refractivity contribution >= 4 is 11.5 Å². The first-order chi connectivity index (χ1) is 10.3. The van der Waals surface area contributed by atoms with Crippen molar-refractivity contribution in [3.05, 3.63) is 65.7 Å². The molecule has 0 amide bonds. The number of ketones is 1. The molecule has 3 rings (SSSR count). The van der Waals surface area contributed by atoms with E-state index in [1.807, 2.05) is 24.3 Å². The van der Waals surface area contributed by atoms with Gasteiger partial charge in [0.25, 0.3) is 0 Å². The van der Waals surface area contributed by atoms with Crippen molar-refractivity contribution in [1.29, 1.82) is 0 Å². The molecule has 0 fully saturated rings. The summed E-state index contributed by atoms with van der Waals surface area (Å²) >= 11 is 0. The number of Topliss-reactive ketones (excluding diaryl/α,β-unsaturated/α-hetero) is 1. The van der Waals surface area contributed by atoms with Gasteiger partial charge in [-0.3, -0.25) is 4.79 Å². The summed E-state index contributed by atoms with van der Waals surface area (Å²) < 4.78 is 0. The minimum Gasteiger partial charge on any atom is -0.382 e. The fourth-order valence-electron chi connectivity index (χ4n) is 2.96. The van der Waals surface area contributed by atoms with Gasteiger partial charge in [-0.05, 0) is 36.5 Å². The van der Waals surface area contributed by atoms with Crippen LogP contribution in [-0.2, 0) is 17.6 Å². The number of carbonyl (C=O) groups excluding carboxylic acids is 1. The predicted molar refractivity (Wildman–Crippen MR) is 86.6 cm³/mol. The quantitative estimate of drug-likeness (QED) is 0.896. The highest BCUT2D eigenvalue weighted by Crippen LogP contribution is 2.25. The van der Waals surface area contributed by atoms with Crippen LogP contribution >= 0.6 is 0 Å². The van der Waals surface area contributed by atoms with E-state index in [2.05, 4.69) is 35.6 Å². The monoisotopic (exact) mass is 279 g/mol. The highest BCUT2D eigenvalue weighted by molar-refractivity contribution is 5.80. The Labute approximate surface area is 126 Å². The van der Waals surface area contributed by atoms with E-state index in [-0.39, 0.29) is 0 Å². The lowest BCUT2D eigenvalue weighted by molar-refractivity contribution is -0.119. The lowest BCUT2D eigenvalue weighted by atomic mass is 9.94. The van der Waals surface area contributed by atoms with Gasteiger partial charge < -0.3 is 5.32 Å². The Balaban J connectivity index is 1.50. The molecule has 0 bridgehead atoms. The summed E-state index contributed by atoms with van der Waals surface area (Å²) in [6.07, 6.45) is 4.25. The largest absolute Gasteiger partial charge is 0.382 e. The number of fused-ring (bicyclic) bond motifs is 1. The number of rotatable bonds is 5. The van der Waals surface area contributed by atoms with E-state index in [0.29, 0.717) is 24.7 Å². The van der Waals surface area contributed by atoms with Crippen LogP contribution in [0.15, 0.2) is 54.6 Å². The molecule has 108 valence electrons. The molecule has 0 aliphatic carbocycles. The van der Waals surface area contributed by atoms with E-state index in [1.165, 1.54) is 16.8 Å². The van der Waals surface area contributed by atoms with Gasteiger partial charge in [0.05, 0.1) is 0 Å². The molecule has 1 atom stereocenters. The van der Waals surface area contributed by atoms with Gasteiger partial charge in [-0.1, -0.05) is 48.5 Å². The SMILES string of the molecule is O=C(CCc1ccccc1)C[C@H]1CCc2ccccc2N1. The lowest BCUT2D eigenvalue weighted by Crippen LogP contribution is -2.28. The first kappa shape index (κ1) is 13.9. The van der Waals surface area contributed by atoms with Crippen LogP contribution in [0.3, 0.4) is 0 Å². The zero-order valence-corrected chi connectivity index (χ0v) is 12.2. The summed E-state index contributed by atoms with van der Waals surface area (Å²) in [6, 6.07) is 18.9. The number of anilines is 1. The van der Waals surface area contributed by atoms with Gasteiger partial charge in [0.15, 0.2) is 0 Å². The van der Waals surface area contributed by atoms with Crippen LogP contribution in [0.25, 0.3) is 0 Å². The molecule has 0 saturated heterocycles. The topological polar surface area (TPSA) is 29.1 Å². The standard InChI is InChI=1S/C19H21NO/c21-18(13-10-15-6-2-1-3-7-15)14-17-12-11-16-8-4-5-9-19(16)20-17/h1-9,17,20H,10-14H2/t17-/m1/s1. The van der Waals surface area contributed by atoms with Crippen molar-refractivity contribution in [2.75, 3.05) is 5.32 Å². The molecule has 0 saturated carbocycles. The van der Waals surface area contributed by atoms with Gasteiger partial charge in [-0.25, -0.2) is 0 Å². The van der Waals surface area contributed by atoms with E-state index in [9.17, 15) is 4.79 Å². The predicted octanol–water partition coefficient (Wildman–Crippen LogP) is 4.01. The van der Waals surface area contributed by atoms with Gasteiger partial charge >= 0.3 is 0 Å². The lowest BCUT2D eigenvalue weighted by Gasteiger charge is -2.26. The molecule has 1 aliphatic rings. The summed E-state index contributed by atoms with van der Waals surface area (Å²) in [7, 11) is 0. The number of para-hydroxylation sites is 1. The fraction of sp³-hybridized carbons (Fsp3) is 0.316. The number of benzene rings is 2. The van der Waals surface area contributed by atoms with Crippen molar-refractivity contribution in [2.45, 2.75) is 38.1 Å². The number of hydrogen-bond donors (Lipinski definition) is 1. The summed E-state index contributed by atoms with van der Waals surface area (Å²) in [5.41, 5.74) is 3.81. The first-order valence-corrected chi connectivity index (χ1v) is 7.71. The molecule has 1 aliphatic heterocycles. The van der Waals surface area contributed by atoms with Crippen LogP contribution in [-0.4, -0.2) is 11.8 Å². The van der Waals surface area contributed by atoms with Crippen molar-refractivity contribution in [2.24, 2.45) is 0 Å². The molecule has 0 unspecified atom stereocenters. The van der Waals surface area contributed by atoms with Crippen molar-refractivity contribution in [3.63, 3.8) is 0 Å². The molecule has 0 radical (unpaired) electrons. The maximum Gasteiger partial charge on any atom is 0.135 e. The van der Waals surface area contributed by atoms with Gasteiger partial charge in [0.1, 0.15) is 5.78 Å². The second kappa shape index (κ2) is 6.57. The van der Waals surface area contributed by atoms with Crippen LogP contribution in [0.1, 0.15) is 30.4 Å². The molecule has 0 aromatic heterocycles. The molecule has 1 N–H and O–H groups in total. The zero-order valence-electron chi connectivity index (χ0n) is 12.2. The molecule has 21 heavy (non-hydrogen) atoms. The average molecular weight is 279 g/mol. The van der Waals surface area contributed by atoms with Crippen LogP contribution in [0.5, 0.6) is 0 Å². The first-order valence-electron chi connectivity index (χ1n) is 7.71. The molecule has 2 heteroatoms. The Kier molecular flexibility index (Phi) is 4.34. The zero-order chi connectivity index (χ0) is 14.5. The Morgan fingerprint density at radius 1 is 1.05 bits per heavy atom. The maximum absolute atomic E-state index is 12.2. The second-order valence-corrected chi connectivity index (χ2v) is 5.77. The van der Waals surface area contributed by atoms with Crippen LogP contribution < -0.4 is 5.32 Å². The van der Waals surface area contributed by atoms with E-state index < -0.39 is 0 Å². The third-order valence-electron chi connectivity index (χ3n) is 4.15. The number of aryl methyl sites for hydroxylation is 2. The van der Waals surface area contributed by atoms with Crippen molar-refractivity contribution in [3.8, 4) is 0 Å². The summed E-state index contributed by atoms with van der Waals surface area (Å²) in [6.45, 7) is 0. The Hall–Kier alpha value is -2.09. The summed E-state index contributed by atoms with van der Waals surface area (Å²) in [5.74, 6) is 0.357. The van der Waals surface area contributed by atoms with Gasteiger partial charge in [-0.15, -0.1) is 0 Å². The summed E-state index contributed by atoms with van der Waals surface area (Å²) in [4.78, 5) is 12.2. The molecule has 0 spiro atoms. The maximum atomic E-state index is 12.2. The molecule has 2 aromatic rings. The van der Waals surface area contributed by atoms with Gasteiger partial charge in [-0.2, -0.15) is 0 Å². The fourth-order valence-corrected chi connectivity index (χ4v) is 2.96.